The fourth-order valence-corrected chi connectivity index (χ4v) is 7.48. The summed E-state index contributed by atoms with van der Waals surface area (Å²) in [7, 11) is 0. The summed E-state index contributed by atoms with van der Waals surface area (Å²) in [4.78, 5) is 19.9. The van der Waals surface area contributed by atoms with E-state index >= 15 is 0 Å². The molecule has 4 aromatic rings. The molecule has 0 saturated heterocycles. The van der Waals surface area contributed by atoms with Gasteiger partial charge in [0.05, 0.1) is 44.8 Å². The van der Waals surface area contributed by atoms with Crippen molar-refractivity contribution in [3.05, 3.63) is 190 Å². The summed E-state index contributed by atoms with van der Waals surface area (Å²) in [6.07, 6.45) is 31.0. The van der Waals surface area contributed by atoms with Gasteiger partial charge in [0.1, 0.15) is 0 Å². The van der Waals surface area contributed by atoms with Crippen LogP contribution in [0, 0.1) is 5.41 Å². The van der Waals surface area contributed by atoms with E-state index in [-0.39, 0.29) is 10.8 Å². The van der Waals surface area contributed by atoms with E-state index < -0.39 is 0 Å². The molecule has 0 bridgehead atoms. The predicted molar refractivity (Wildman–Crippen MR) is 236 cm³/mol. The SMILES string of the molecule is CC1=C(/C=C/C(C)=C/C=C/C(C)=C/C=C/C=C(C)/C=C/C=C(C)/C=C/C2=C(C)c3nc4ccccc4nc3C2(C)C)C(C)(C)Cc2nc3ccccc3nc21. The molecule has 4 heteroatoms. The van der Waals surface area contributed by atoms with Crippen molar-refractivity contribution in [3.8, 4) is 0 Å². The second-order valence-corrected chi connectivity index (χ2v) is 16.1. The van der Waals surface area contributed by atoms with Crippen molar-refractivity contribution in [1.29, 1.82) is 0 Å². The Kier molecular flexibility index (Phi) is 11.6. The summed E-state index contributed by atoms with van der Waals surface area (Å²) in [5.41, 5.74) is 17.5. The monoisotopic (exact) mass is 722 g/mol. The first-order valence-corrected chi connectivity index (χ1v) is 19.3. The molecule has 278 valence electrons. The van der Waals surface area contributed by atoms with Gasteiger partial charge in [0.2, 0.25) is 0 Å². The van der Waals surface area contributed by atoms with Crippen molar-refractivity contribution < 1.29 is 0 Å². The van der Waals surface area contributed by atoms with Gasteiger partial charge in [-0.25, -0.2) is 19.9 Å². The zero-order valence-corrected chi connectivity index (χ0v) is 34.2. The summed E-state index contributed by atoms with van der Waals surface area (Å²) in [5.74, 6) is 0. The van der Waals surface area contributed by atoms with Crippen LogP contribution in [-0.2, 0) is 11.8 Å². The first kappa shape index (κ1) is 39.0. The van der Waals surface area contributed by atoms with Crippen LogP contribution in [0.25, 0.3) is 33.2 Å². The second kappa shape index (κ2) is 16.3. The van der Waals surface area contributed by atoms with Gasteiger partial charge in [-0.3, -0.25) is 0 Å². The molecule has 0 saturated carbocycles. The molecule has 0 radical (unpaired) electrons. The molecule has 0 unspecified atom stereocenters. The predicted octanol–water partition coefficient (Wildman–Crippen LogP) is 13.3. The normalized spacial score (nSPS) is 18.1. The number of para-hydroxylation sites is 4. The minimum Gasteiger partial charge on any atom is -0.249 e. The Labute approximate surface area is 328 Å². The van der Waals surface area contributed by atoms with Crippen LogP contribution < -0.4 is 0 Å². The quantitative estimate of drug-likeness (QED) is 0.153. The van der Waals surface area contributed by atoms with Gasteiger partial charge < -0.3 is 0 Å². The van der Waals surface area contributed by atoms with E-state index in [9.17, 15) is 0 Å². The van der Waals surface area contributed by atoms with Crippen LogP contribution >= 0.6 is 0 Å². The molecule has 0 spiro atoms. The largest absolute Gasteiger partial charge is 0.249 e. The summed E-state index contributed by atoms with van der Waals surface area (Å²) in [6, 6.07) is 16.2. The highest BCUT2D eigenvalue weighted by Gasteiger charge is 2.38. The molecule has 2 aromatic carbocycles. The van der Waals surface area contributed by atoms with E-state index in [0.29, 0.717) is 0 Å². The van der Waals surface area contributed by atoms with Crippen LogP contribution in [-0.4, -0.2) is 19.9 Å². The molecule has 2 heterocycles. The molecule has 0 amide bonds. The lowest BCUT2D eigenvalue weighted by Gasteiger charge is -2.33. The first-order valence-electron chi connectivity index (χ1n) is 19.3. The summed E-state index contributed by atoms with van der Waals surface area (Å²) >= 11 is 0. The Morgan fingerprint density at radius 1 is 0.509 bits per heavy atom. The van der Waals surface area contributed by atoms with Gasteiger partial charge in [0, 0.05) is 11.8 Å². The van der Waals surface area contributed by atoms with Crippen molar-refractivity contribution in [2.24, 2.45) is 5.41 Å². The van der Waals surface area contributed by atoms with Crippen LogP contribution in [0.3, 0.4) is 0 Å². The number of hydrogen-bond acceptors (Lipinski definition) is 4. The van der Waals surface area contributed by atoms with E-state index in [1.165, 1.54) is 44.6 Å². The Bertz CT molecular complexity index is 2500. The van der Waals surface area contributed by atoms with Crippen molar-refractivity contribution >= 4 is 33.2 Å². The van der Waals surface area contributed by atoms with Crippen LogP contribution in [0.1, 0.15) is 92.0 Å². The fraction of sp³-hybridized carbons (Fsp3) is 0.255. The number of rotatable bonds is 10. The molecule has 4 nitrogen and oxygen atoms in total. The topological polar surface area (TPSA) is 51.6 Å². The van der Waals surface area contributed by atoms with Crippen molar-refractivity contribution in [3.63, 3.8) is 0 Å². The maximum Gasteiger partial charge on any atom is 0.0894 e. The fourth-order valence-electron chi connectivity index (χ4n) is 7.48. The highest BCUT2D eigenvalue weighted by Crippen LogP contribution is 2.45. The Morgan fingerprint density at radius 2 is 0.927 bits per heavy atom. The maximum atomic E-state index is 5.01. The van der Waals surface area contributed by atoms with Crippen molar-refractivity contribution in [2.45, 2.75) is 81.1 Å². The average Bonchev–Trinajstić information content (AvgIpc) is 3.33. The molecule has 0 N–H and O–H groups in total. The maximum absolute atomic E-state index is 5.01. The number of aromatic nitrogens is 4. The highest BCUT2D eigenvalue weighted by molar-refractivity contribution is 5.84. The van der Waals surface area contributed by atoms with Gasteiger partial charge in [0.25, 0.3) is 0 Å². The van der Waals surface area contributed by atoms with Gasteiger partial charge in [0.15, 0.2) is 0 Å². The van der Waals surface area contributed by atoms with Crippen LogP contribution in [0.15, 0.2) is 167 Å². The third-order valence-electron chi connectivity index (χ3n) is 10.6. The zero-order chi connectivity index (χ0) is 39.3. The van der Waals surface area contributed by atoms with E-state index in [2.05, 4.69) is 154 Å². The number of allylic oxidation sites excluding steroid dienone is 22. The second-order valence-electron chi connectivity index (χ2n) is 16.1. The Morgan fingerprint density at radius 3 is 1.47 bits per heavy atom. The summed E-state index contributed by atoms with van der Waals surface area (Å²) < 4.78 is 0. The van der Waals surface area contributed by atoms with E-state index in [1.807, 2.05) is 48.5 Å². The molecule has 2 aliphatic rings. The summed E-state index contributed by atoms with van der Waals surface area (Å²) in [5, 5.41) is 0. The molecular formula is C51H54N4. The first-order chi connectivity index (χ1) is 26.2. The van der Waals surface area contributed by atoms with Crippen LogP contribution in [0.2, 0.25) is 0 Å². The van der Waals surface area contributed by atoms with Crippen LogP contribution in [0.4, 0.5) is 0 Å². The van der Waals surface area contributed by atoms with Gasteiger partial charge in [-0.15, -0.1) is 0 Å². The Balaban J connectivity index is 1.03. The number of nitrogens with zero attached hydrogens (tertiary/aromatic N) is 4. The summed E-state index contributed by atoms with van der Waals surface area (Å²) in [6.45, 7) is 21.9. The molecular weight excluding hydrogens is 669 g/mol. The third kappa shape index (κ3) is 8.81. The number of fused-ring (bicyclic) bond motifs is 4. The van der Waals surface area contributed by atoms with Gasteiger partial charge in [-0.2, -0.15) is 0 Å². The molecule has 2 aromatic heterocycles. The lowest BCUT2D eigenvalue weighted by Crippen LogP contribution is -2.25. The van der Waals surface area contributed by atoms with Crippen molar-refractivity contribution in [1.82, 2.24) is 19.9 Å². The Hall–Kier alpha value is -5.74. The molecule has 55 heavy (non-hydrogen) atoms. The third-order valence-corrected chi connectivity index (χ3v) is 10.6. The lowest BCUT2D eigenvalue weighted by molar-refractivity contribution is 0.442. The van der Waals surface area contributed by atoms with Crippen molar-refractivity contribution in [2.75, 3.05) is 0 Å². The minimum atomic E-state index is -0.199. The average molecular weight is 723 g/mol. The van der Waals surface area contributed by atoms with E-state index in [1.54, 1.807) is 0 Å². The lowest BCUT2D eigenvalue weighted by atomic mass is 9.72. The van der Waals surface area contributed by atoms with E-state index in [4.69, 9.17) is 19.9 Å². The smallest absolute Gasteiger partial charge is 0.0894 e. The molecule has 6 rings (SSSR count). The van der Waals surface area contributed by atoms with E-state index in [0.717, 1.165) is 51.3 Å². The molecule has 2 aliphatic carbocycles. The standard InChI is InChI=1S/C51H54N4/c1-34(21-17-23-36(3)29-31-40-38(5)47-46(33-50(40,7)8)52-42-25-13-14-26-43(42)53-47)19-11-12-20-35(2)22-18-24-37(4)30-32-41-39(6)48-49(51(41,9)10)55-45-28-16-15-27-44(45)54-48/h11-32H,33H2,1-10H3/b12-11+,21-17+,22-18+,31-29+,32-30+,34-19+,35-20+,36-23+,37-24+. The minimum absolute atomic E-state index is 0.0205. The molecule has 0 aliphatic heterocycles. The van der Waals surface area contributed by atoms with Crippen LogP contribution in [0.5, 0.6) is 0 Å². The van der Waals surface area contributed by atoms with Gasteiger partial charge >= 0.3 is 0 Å². The molecule has 0 fully saturated rings. The van der Waals surface area contributed by atoms with Gasteiger partial charge in [-0.05, 0) is 93.5 Å². The zero-order valence-electron chi connectivity index (χ0n) is 34.2. The molecule has 0 atom stereocenters. The number of benzene rings is 2. The van der Waals surface area contributed by atoms with Gasteiger partial charge in [-0.1, -0.05) is 159 Å². The number of hydrogen-bond donors (Lipinski definition) is 0. The highest BCUT2D eigenvalue weighted by atomic mass is 14.9.